The maximum Gasteiger partial charge on any atom is 0.125 e. The Morgan fingerprint density at radius 1 is 1.25 bits per heavy atom. The van der Waals surface area contributed by atoms with Crippen molar-refractivity contribution in [2.24, 2.45) is 4.99 Å². The van der Waals surface area contributed by atoms with Crippen LogP contribution in [0.25, 0.3) is 0 Å². The van der Waals surface area contributed by atoms with E-state index in [2.05, 4.69) is 10.6 Å². The molecule has 0 aromatic heterocycles. The van der Waals surface area contributed by atoms with Crippen molar-refractivity contribution >= 4 is 5.71 Å². The van der Waals surface area contributed by atoms with Crippen LogP contribution < -0.4 is 10.6 Å². The largest absolute Gasteiger partial charge is 0.370 e. The van der Waals surface area contributed by atoms with Gasteiger partial charge in [-0.1, -0.05) is 0 Å². The van der Waals surface area contributed by atoms with E-state index in [4.69, 9.17) is 4.99 Å². The molecule has 0 spiro atoms. The lowest BCUT2D eigenvalue weighted by Crippen LogP contribution is -2.24. The second-order valence-electron chi connectivity index (χ2n) is 4.72. The van der Waals surface area contributed by atoms with E-state index in [0.29, 0.717) is 0 Å². The van der Waals surface area contributed by atoms with Crippen molar-refractivity contribution in [1.29, 1.82) is 0 Å². The predicted octanol–water partition coefficient (Wildman–Crippen LogP) is 2.21. The molecule has 0 aliphatic carbocycles. The Balaban J connectivity index is 1.82. The molecule has 0 fully saturated rings. The van der Waals surface area contributed by atoms with Gasteiger partial charge in [-0.2, -0.15) is 0 Å². The fourth-order valence-corrected chi connectivity index (χ4v) is 2.43. The number of nitrogens with zero attached hydrogens (tertiary/aromatic N) is 1. The lowest BCUT2D eigenvalue weighted by atomic mass is 9.96. The molecular weight excluding hydrogens is 198 g/mol. The molecule has 2 heterocycles. The Bertz CT molecular complexity index is 292. The summed E-state index contributed by atoms with van der Waals surface area (Å²) in [5.41, 5.74) is 2.97. The summed E-state index contributed by atoms with van der Waals surface area (Å²) in [4.78, 5) is 4.77. The zero-order valence-corrected chi connectivity index (χ0v) is 10.3. The average Bonchev–Trinajstić information content (AvgIpc) is 2.34. The molecule has 0 radical (unpaired) electrons. The lowest BCUT2D eigenvalue weighted by Gasteiger charge is -2.24. The van der Waals surface area contributed by atoms with Gasteiger partial charge in [-0.15, -0.1) is 0 Å². The summed E-state index contributed by atoms with van der Waals surface area (Å²) in [5, 5.41) is 6.62. The van der Waals surface area contributed by atoms with Crippen LogP contribution in [0.5, 0.6) is 0 Å². The molecule has 2 aliphatic heterocycles. The van der Waals surface area contributed by atoms with E-state index < -0.39 is 0 Å². The molecule has 0 bridgehead atoms. The summed E-state index contributed by atoms with van der Waals surface area (Å²) in [6.07, 6.45) is 8.69. The third-order valence-electron chi connectivity index (χ3n) is 3.41. The Kier molecular flexibility index (Phi) is 4.40. The number of aliphatic imine (C=N–C) groups is 1. The molecule has 2 rings (SSSR count). The van der Waals surface area contributed by atoms with Crippen LogP contribution in [0.4, 0.5) is 0 Å². The Hall–Kier alpha value is -0.830. The summed E-state index contributed by atoms with van der Waals surface area (Å²) >= 11 is 0. The lowest BCUT2D eigenvalue weighted by molar-refractivity contribution is 0.619. The Morgan fingerprint density at radius 2 is 2.19 bits per heavy atom. The van der Waals surface area contributed by atoms with E-state index in [9.17, 15) is 0 Å². The third-order valence-corrected chi connectivity index (χ3v) is 3.41. The van der Waals surface area contributed by atoms with Gasteiger partial charge in [0.05, 0.1) is 0 Å². The summed E-state index contributed by atoms with van der Waals surface area (Å²) in [6, 6.07) is 0. The summed E-state index contributed by atoms with van der Waals surface area (Å²) < 4.78 is 0. The van der Waals surface area contributed by atoms with Gasteiger partial charge >= 0.3 is 0 Å². The quantitative estimate of drug-likeness (QED) is 0.698. The fourth-order valence-electron chi connectivity index (χ4n) is 2.43. The molecule has 0 amide bonds. The first-order chi connectivity index (χ1) is 7.90. The molecular formula is C13H23N3. The van der Waals surface area contributed by atoms with E-state index >= 15 is 0 Å². The molecule has 0 saturated heterocycles. The highest BCUT2D eigenvalue weighted by Gasteiger charge is 2.17. The highest BCUT2D eigenvalue weighted by molar-refractivity contribution is 5.86. The molecule has 0 unspecified atom stereocenters. The van der Waals surface area contributed by atoms with Gasteiger partial charge in [0.1, 0.15) is 5.82 Å². The van der Waals surface area contributed by atoms with Crippen molar-refractivity contribution in [1.82, 2.24) is 10.6 Å². The second-order valence-corrected chi connectivity index (χ2v) is 4.72. The first kappa shape index (κ1) is 11.6. The molecule has 3 heteroatoms. The van der Waals surface area contributed by atoms with E-state index in [1.54, 1.807) is 5.57 Å². The van der Waals surface area contributed by atoms with Crippen molar-refractivity contribution in [3.05, 3.63) is 11.4 Å². The smallest absolute Gasteiger partial charge is 0.125 e. The third kappa shape index (κ3) is 3.08. The number of unbranched alkanes of at least 4 members (excludes halogenated alkanes) is 1. The molecule has 3 nitrogen and oxygen atoms in total. The monoisotopic (exact) mass is 221 g/mol. The highest BCUT2D eigenvalue weighted by atomic mass is 15.0. The van der Waals surface area contributed by atoms with Crippen molar-refractivity contribution in [2.45, 2.75) is 44.9 Å². The average molecular weight is 221 g/mol. The van der Waals surface area contributed by atoms with Gasteiger partial charge in [0.15, 0.2) is 0 Å². The van der Waals surface area contributed by atoms with Crippen molar-refractivity contribution in [3.63, 3.8) is 0 Å². The van der Waals surface area contributed by atoms with Gasteiger partial charge in [-0.05, 0) is 64.1 Å². The maximum atomic E-state index is 4.77. The minimum atomic E-state index is 1.11. The van der Waals surface area contributed by atoms with Crippen molar-refractivity contribution in [3.8, 4) is 0 Å². The van der Waals surface area contributed by atoms with E-state index in [1.165, 1.54) is 56.5 Å². The highest BCUT2D eigenvalue weighted by Crippen LogP contribution is 2.26. The van der Waals surface area contributed by atoms with Crippen molar-refractivity contribution < 1.29 is 0 Å². The van der Waals surface area contributed by atoms with E-state index in [0.717, 1.165) is 13.1 Å². The van der Waals surface area contributed by atoms with Gasteiger partial charge in [0.25, 0.3) is 0 Å². The number of nitrogens with one attached hydrogen (secondary N) is 2. The topological polar surface area (TPSA) is 36.4 Å². The minimum absolute atomic E-state index is 1.11. The van der Waals surface area contributed by atoms with Gasteiger partial charge < -0.3 is 10.6 Å². The number of rotatable bonds is 5. The molecule has 0 saturated carbocycles. The molecule has 90 valence electrons. The molecule has 0 atom stereocenters. The van der Waals surface area contributed by atoms with Crippen LogP contribution in [0, 0.1) is 0 Å². The first-order valence-electron chi connectivity index (χ1n) is 6.57. The summed E-state index contributed by atoms with van der Waals surface area (Å²) in [5.74, 6) is 1.21. The number of hydrogen-bond donors (Lipinski definition) is 2. The van der Waals surface area contributed by atoms with Crippen LogP contribution in [0.2, 0.25) is 0 Å². The summed E-state index contributed by atoms with van der Waals surface area (Å²) in [7, 11) is 2.02. The van der Waals surface area contributed by atoms with Gasteiger partial charge in [-0.3, -0.25) is 0 Å². The van der Waals surface area contributed by atoms with Gasteiger partial charge in [0.2, 0.25) is 0 Å². The van der Waals surface area contributed by atoms with Crippen LogP contribution in [0.3, 0.4) is 0 Å². The zero-order valence-electron chi connectivity index (χ0n) is 10.3. The zero-order chi connectivity index (χ0) is 11.2. The second kappa shape index (κ2) is 6.04. The molecule has 2 aliphatic rings. The van der Waals surface area contributed by atoms with Crippen LogP contribution in [-0.2, 0) is 0 Å². The normalized spacial score (nSPS) is 20.2. The molecule has 0 aromatic carbocycles. The maximum absolute atomic E-state index is 4.77. The van der Waals surface area contributed by atoms with Crippen LogP contribution in [0.1, 0.15) is 44.9 Å². The SMILES string of the molecule is CNCCCCC1=NC2=C(CCCN2)CC1. The van der Waals surface area contributed by atoms with Gasteiger partial charge in [0, 0.05) is 12.3 Å². The molecule has 0 aromatic rings. The van der Waals surface area contributed by atoms with Crippen LogP contribution in [-0.4, -0.2) is 25.8 Å². The molecule has 16 heavy (non-hydrogen) atoms. The first-order valence-corrected chi connectivity index (χ1v) is 6.57. The van der Waals surface area contributed by atoms with E-state index in [-0.39, 0.29) is 0 Å². The van der Waals surface area contributed by atoms with E-state index in [1.807, 2.05) is 7.05 Å². The van der Waals surface area contributed by atoms with Crippen LogP contribution >= 0.6 is 0 Å². The standard InChI is InChI=1S/C13H23N3/c1-14-9-3-2-6-12-8-7-11-5-4-10-15-13(11)16-12/h14-15H,2-10H2,1H3. The Morgan fingerprint density at radius 3 is 3.06 bits per heavy atom. The number of hydrogen-bond acceptors (Lipinski definition) is 3. The van der Waals surface area contributed by atoms with Crippen molar-refractivity contribution in [2.75, 3.05) is 20.1 Å². The van der Waals surface area contributed by atoms with Gasteiger partial charge in [-0.25, -0.2) is 4.99 Å². The predicted molar refractivity (Wildman–Crippen MR) is 68.7 cm³/mol. The Labute approximate surface area is 98.4 Å². The number of allylic oxidation sites excluding steroid dienone is 1. The molecule has 2 N–H and O–H groups in total. The minimum Gasteiger partial charge on any atom is -0.370 e. The van der Waals surface area contributed by atoms with Crippen LogP contribution in [0.15, 0.2) is 16.4 Å². The fraction of sp³-hybridized carbons (Fsp3) is 0.769. The summed E-state index contributed by atoms with van der Waals surface area (Å²) in [6.45, 7) is 2.23.